The van der Waals surface area contributed by atoms with Crippen molar-refractivity contribution in [3.8, 4) is 17.5 Å². The predicted molar refractivity (Wildman–Crippen MR) is 124 cm³/mol. The van der Waals surface area contributed by atoms with E-state index in [-0.39, 0.29) is 18.9 Å². The minimum absolute atomic E-state index is 0.00379. The summed E-state index contributed by atoms with van der Waals surface area (Å²) in [6.07, 6.45) is 4.49. The molecule has 0 spiro atoms. The Hall–Kier alpha value is -3.93. The summed E-state index contributed by atoms with van der Waals surface area (Å²) >= 11 is 0. The standard InChI is InChI=1S/C25H27N5O4/c1-16-17(2)30(19-10-6-7-11-19)25(20(16)14-26)27-21(31)15-33-23(32)13-12-22-28-24(29-34-22)18-8-4-3-5-9-18/h3-5,8-9,19H,6-7,10-13,15H2,1-2H3,(H,27,31). The number of ether oxygens (including phenoxy) is 1. The van der Waals surface area contributed by atoms with Crippen molar-refractivity contribution < 1.29 is 18.8 Å². The van der Waals surface area contributed by atoms with Crippen LogP contribution in [0.15, 0.2) is 34.9 Å². The van der Waals surface area contributed by atoms with Crippen LogP contribution < -0.4 is 5.32 Å². The van der Waals surface area contributed by atoms with E-state index in [2.05, 4.69) is 26.1 Å². The van der Waals surface area contributed by atoms with Gasteiger partial charge in [0.2, 0.25) is 11.7 Å². The van der Waals surface area contributed by atoms with Gasteiger partial charge in [0.1, 0.15) is 11.9 Å². The first kappa shape index (κ1) is 23.2. The fraction of sp³-hybridized carbons (Fsp3) is 0.400. The molecule has 2 aromatic heterocycles. The van der Waals surface area contributed by atoms with E-state index in [4.69, 9.17) is 9.26 Å². The Labute approximate surface area is 197 Å². The van der Waals surface area contributed by atoms with Crippen molar-refractivity contribution in [2.45, 2.75) is 58.4 Å². The van der Waals surface area contributed by atoms with Crippen molar-refractivity contribution in [3.63, 3.8) is 0 Å². The fourth-order valence-corrected chi connectivity index (χ4v) is 4.36. The monoisotopic (exact) mass is 461 g/mol. The molecule has 1 amide bonds. The number of carbonyl (C=O) groups excluding carboxylic acids is 2. The molecule has 0 bridgehead atoms. The van der Waals surface area contributed by atoms with Gasteiger partial charge in [-0.1, -0.05) is 48.3 Å². The number of rotatable bonds is 8. The molecule has 176 valence electrons. The number of hydrogen-bond acceptors (Lipinski definition) is 7. The van der Waals surface area contributed by atoms with Crippen molar-refractivity contribution in [1.82, 2.24) is 14.7 Å². The van der Waals surface area contributed by atoms with E-state index in [1.54, 1.807) is 0 Å². The lowest BCUT2D eigenvalue weighted by Crippen LogP contribution is -2.24. The van der Waals surface area contributed by atoms with E-state index >= 15 is 0 Å². The molecule has 0 saturated heterocycles. The lowest BCUT2D eigenvalue weighted by Gasteiger charge is -2.19. The average Bonchev–Trinajstić information content (AvgIpc) is 3.58. The molecule has 34 heavy (non-hydrogen) atoms. The maximum absolute atomic E-state index is 12.6. The highest BCUT2D eigenvalue weighted by molar-refractivity contribution is 5.93. The van der Waals surface area contributed by atoms with Gasteiger partial charge in [-0.05, 0) is 32.3 Å². The molecule has 0 unspecified atom stereocenters. The molecule has 1 aromatic carbocycles. The fourth-order valence-electron chi connectivity index (χ4n) is 4.36. The summed E-state index contributed by atoms with van der Waals surface area (Å²) in [5, 5.41) is 16.4. The molecule has 0 atom stereocenters. The number of anilines is 1. The molecule has 4 rings (SSSR count). The van der Waals surface area contributed by atoms with Gasteiger partial charge < -0.3 is 19.1 Å². The van der Waals surface area contributed by atoms with E-state index in [1.807, 2.05) is 44.2 Å². The van der Waals surface area contributed by atoms with Gasteiger partial charge in [-0.2, -0.15) is 10.2 Å². The number of hydrogen-bond donors (Lipinski definition) is 1. The zero-order valence-electron chi connectivity index (χ0n) is 19.3. The van der Waals surface area contributed by atoms with Gasteiger partial charge in [-0.15, -0.1) is 0 Å². The summed E-state index contributed by atoms with van der Waals surface area (Å²) in [5.74, 6) is 0.232. The molecule has 9 heteroatoms. The van der Waals surface area contributed by atoms with E-state index in [0.717, 1.165) is 42.5 Å². The largest absolute Gasteiger partial charge is 0.456 e. The Morgan fingerprint density at radius 2 is 1.97 bits per heavy atom. The van der Waals surface area contributed by atoms with E-state index < -0.39 is 18.5 Å². The molecule has 0 aliphatic heterocycles. The number of benzene rings is 1. The average molecular weight is 462 g/mol. The second-order valence-electron chi connectivity index (χ2n) is 8.44. The number of nitrogens with one attached hydrogen (secondary N) is 1. The molecule has 2 heterocycles. The third-order valence-corrected chi connectivity index (χ3v) is 6.22. The van der Waals surface area contributed by atoms with Crippen molar-refractivity contribution in [2.75, 3.05) is 11.9 Å². The van der Waals surface area contributed by atoms with Crippen LogP contribution in [0.25, 0.3) is 11.4 Å². The van der Waals surface area contributed by atoms with Gasteiger partial charge in [0, 0.05) is 23.7 Å². The number of aryl methyl sites for hydroxylation is 1. The van der Waals surface area contributed by atoms with E-state index in [0.29, 0.717) is 23.1 Å². The Kier molecular flexibility index (Phi) is 7.07. The smallest absolute Gasteiger partial charge is 0.306 e. The number of amides is 1. The minimum Gasteiger partial charge on any atom is -0.456 e. The van der Waals surface area contributed by atoms with Crippen LogP contribution in [0.5, 0.6) is 0 Å². The first-order chi connectivity index (χ1) is 16.5. The molecule has 1 aliphatic carbocycles. The third-order valence-electron chi connectivity index (χ3n) is 6.22. The number of aromatic nitrogens is 3. The highest BCUT2D eigenvalue weighted by Gasteiger charge is 2.27. The van der Waals surface area contributed by atoms with Gasteiger partial charge in [0.25, 0.3) is 5.91 Å². The van der Waals surface area contributed by atoms with Gasteiger partial charge >= 0.3 is 5.97 Å². The lowest BCUT2D eigenvalue weighted by atomic mass is 10.2. The predicted octanol–water partition coefficient (Wildman–Crippen LogP) is 4.26. The summed E-state index contributed by atoms with van der Waals surface area (Å²) in [4.78, 5) is 29.0. The lowest BCUT2D eigenvalue weighted by molar-refractivity contribution is -0.147. The summed E-state index contributed by atoms with van der Waals surface area (Å²) in [6, 6.07) is 11.8. The van der Waals surface area contributed by atoms with Gasteiger partial charge in [0.05, 0.1) is 12.0 Å². The van der Waals surface area contributed by atoms with Crippen LogP contribution in [-0.2, 0) is 20.7 Å². The molecule has 1 saturated carbocycles. The topological polar surface area (TPSA) is 123 Å². The Balaban J connectivity index is 1.31. The zero-order chi connectivity index (χ0) is 24.1. The Morgan fingerprint density at radius 1 is 1.24 bits per heavy atom. The highest BCUT2D eigenvalue weighted by Crippen LogP contribution is 2.37. The molecule has 0 radical (unpaired) electrons. The van der Waals surface area contributed by atoms with Crippen LogP contribution >= 0.6 is 0 Å². The summed E-state index contributed by atoms with van der Waals surface area (Å²) in [7, 11) is 0. The van der Waals surface area contributed by atoms with Gasteiger partial charge in [0.15, 0.2) is 6.61 Å². The number of nitriles is 1. The van der Waals surface area contributed by atoms with Crippen LogP contribution in [0.1, 0.15) is 60.9 Å². The summed E-state index contributed by atoms with van der Waals surface area (Å²) in [6.45, 7) is 3.41. The number of carbonyl (C=O) groups is 2. The van der Waals surface area contributed by atoms with E-state index in [9.17, 15) is 14.9 Å². The Morgan fingerprint density at radius 3 is 2.68 bits per heavy atom. The molecular weight excluding hydrogens is 434 g/mol. The molecular formula is C25H27N5O4. The molecule has 9 nitrogen and oxygen atoms in total. The minimum atomic E-state index is -0.548. The first-order valence-corrected chi connectivity index (χ1v) is 11.4. The normalized spacial score (nSPS) is 13.6. The molecule has 3 aromatic rings. The molecule has 1 fully saturated rings. The third kappa shape index (κ3) is 5.01. The SMILES string of the molecule is Cc1c(C#N)c(NC(=O)COC(=O)CCc2nc(-c3ccccc3)no2)n(C2CCCC2)c1C. The maximum atomic E-state index is 12.6. The van der Waals surface area contributed by atoms with Crippen LogP contribution in [0, 0.1) is 25.2 Å². The van der Waals surface area contributed by atoms with Crippen molar-refractivity contribution >= 4 is 17.7 Å². The summed E-state index contributed by atoms with van der Waals surface area (Å²) in [5.41, 5.74) is 3.11. The summed E-state index contributed by atoms with van der Waals surface area (Å²) < 4.78 is 12.4. The van der Waals surface area contributed by atoms with Crippen LogP contribution in [-0.4, -0.2) is 33.2 Å². The van der Waals surface area contributed by atoms with Crippen molar-refractivity contribution in [1.29, 1.82) is 5.26 Å². The van der Waals surface area contributed by atoms with Crippen molar-refractivity contribution in [3.05, 3.63) is 53.0 Å². The van der Waals surface area contributed by atoms with Crippen LogP contribution in [0.2, 0.25) is 0 Å². The highest BCUT2D eigenvalue weighted by atomic mass is 16.5. The van der Waals surface area contributed by atoms with Crippen LogP contribution in [0.4, 0.5) is 5.82 Å². The van der Waals surface area contributed by atoms with E-state index in [1.165, 1.54) is 0 Å². The zero-order valence-corrected chi connectivity index (χ0v) is 19.3. The first-order valence-electron chi connectivity index (χ1n) is 11.4. The Bertz CT molecular complexity index is 1220. The van der Waals surface area contributed by atoms with Gasteiger partial charge in [-0.25, -0.2) is 0 Å². The quantitative estimate of drug-likeness (QED) is 0.497. The van der Waals surface area contributed by atoms with Crippen molar-refractivity contribution in [2.24, 2.45) is 0 Å². The second-order valence-corrected chi connectivity index (χ2v) is 8.44. The van der Waals surface area contributed by atoms with Crippen LogP contribution in [0.3, 0.4) is 0 Å². The maximum Gasteiger partial charge on any atom is 0.306 e. The second kappa shape index (κ2) is 10.3. The number of nitrogens with zero attached hydrogens (tertiary/aromatic N) is 4. The number of esters is 1. The molecule has 1 aliphatic rings. The molecule has 1 N–H and O–H groups in total. The van der Waals surface area contributed by atoms with Gasteiger partial charge in [-0.3, -0.25) is 9.59 Å².